The average Bonchev–Trinajstić information content (AvgIpc) is 3.63. The lowest BCUT2D eigenvalue weighted by Crippen LogP contribution is -2.51. The van der Waals surface area contributed by atoms with Crippen LogP contribution < -0.4 is 10.6 Å². The molecule has 0 saturated heterocycles. The molecular weight excluding hydrogens is 438 g/mol. The maximum atomic E-state index is 13.3. The molecule has 2 heterocycles. The van der Waals surface area contributed by atoms with Crippen LogP contribution in [0.15, 0.2) is 29.9 Å². The monoisotopic (exact) mass is 467 g/mol. The number of nitrogens with zero attached hydrogens (tertiary/aromatic N) is 6. The zero-order chi connectivity index (χ0) is 24.9. The number of rotatable bonds is 10. The van der Waals surface area contributed by atoms with Crippen molar-refractivity contribution in [3.63, 3.8) is 0 Å². The number of amides is 2. The van der Waals surface area contributed by atoms with Crippen molar-refractivity contribution in [1.29, 1.82) is 5.41 Å². The van der Waals surface area contributed by atoms with E-state index in [1.54, 1.807) is 20.0 Å². The van der Waals surface area contributed by atoms with Crippen molar-refractivity contribution in [3.05, 3.63) is 36.3 Å². The number of aliphatic imine (C=N–C) groups is 1. The minimum Gasteiger partial charge on any atom is -0.389 e. The predicted molar refractivity (Wildman–Crippen MR) is 127 cm³/mol. The van der Waals surface area contributed by atoms with Crippen LogP contribution in [0.25, 0.3) is 0 Å². The molecule has 0 aromatic carbocycles. The summed E-state index contributed by atoms with van der Waals surface area (Å²) < 4.78 is 0. The molecule has 2 aromatic rings. The zero-order valence-electron chi connectivity index (χ0n) is 19.6. The average molecular weight is 468 g/mol. The molecule has 12 nitrogen and oxygen atoms in total. The number of likely N-dealkylation sites (N-methyl/N-ethyl adjacent to an activating group) is 1. The summed E-state index contributed by atoms with van der Waals surface area (Å²) in [5.41, 5.74) is -0.288. The summed E-state index contributed by atoms with van der Waals surface area (Å²) in [6.07, 6.45) is 9.33. The van der Waals surface area contributed by atoms with Crippen molar-refractivity contribution in [2.75, 3.05) is 26.0 Å². The van der Waals surface area contributed by atoms with Gasteiger partial charge < -0.3 is 20.6 Å². The smallest absolute Gasteiger partial charge is 0.274 e. The molecule has 1 aliphatic rings. The van der Waals surface area contributed by atoms with Crippen molar-refractivity contribution in [3.8, 4) is 0 Å². The second-order valence-electron chi connectivity index (χ2n) is 8.76. The Morgan fingerprint density at radius 2 is 2.00 bits per heavy atom. The second kappa shape index (κ2) is 10.4. The SMILES string of the molecule is CN=CC(NC(=O)c1nc(C2CC2)cnc1Nc1cncnc1)C(=N)C(=O)N(C)CC(C)(C)O. The standard InChI is InChI=1S/C22H29N9O3/c1-22(2,34)11-31(4)21(33)17(23)16(9-24-3)30-20(32)18-19(28-14-7-25-12-26-8-14)27-10-15(29-18)13-5-6-13/h7-10,12-13,16,23,34H,5-6,11H2,1-4H3,(H,27,28)(H,30,32). The summed E-state index contributed by atoms with van der Waals surface area (Å²) in [5, 5.41) is 24.0. The molecule has 1 atom stereocenters. The van der Waals surface area contributed by atoms with Crippen molar-refractivity contribution in [2.24, 2.45) is 4.99 Å². The van der Waals surface area contributed by atoms with Gasteiger partial charge in [0.1, 0.15) is 18.1 Å². The number of carbonyl (C=O) groups is 2. The Kier molecular flexibility index (Phi) is 7.61. The molecule has 12 heteroatoms. The van der Waals surface area contributed by atoms with Gasteiger partial charge in [0.15, 0.2) is 11.5 Å². The van der Waals surface area contributed by atoms with Gasteiger partial charge in [0.05, 0.1) is 35.6 Å². The van der Waals surface area contributed by atoms with Crippen LogP contribution in [0.2, 0.25) is 0 Å². The van der Waals surface area contributed by atoms with Gasteiger partial charge in [-0.1, -0.05) is 0 Å². The molecule has 1 saturated carbocycles. The molecule has 0 bridgehead atoms. The Bertz CT molecular complexity index is 1080. The van der Waals surface area contributed by atoms with Gasteiger partial charge in [-0.25, -0.2) is 19.9 Å². The Hall–Kier alpha value is -3.80. The number of aromatic nitrogens is 4. The third kappa shape index (κ3) is 6.61. The van der Waals surface area contributed by atoms with Crippen LogP contribution >= 0.6 is 0 Å². The first kappa shape index (κ1) is 24.8. The number of aliphatic hydroxyl groups is 1. The van der Waals surface area contributed by atoms with Crippen LogP contribution in [0.3, 0.4) is 0 Å². The topological polar surface area (TPSA) is 169 Å². The van der Waals surface area contributed by atoms with E-state index in [-0.39, 0.29) is 24.0 Å². The van der Waals surface area contributed by atoms with Gasteiger partial charge in [0, 0.05) is 32.8 Å². The Labute approximate surface area is 197 Å². The Morgan fingerprint density at radius 1 is 1.32 bits per heavy atom. The van der Waals surface area contributed by atoms with E-state index in [0.717, 1.165) is 12.8 Å². The van der Waals surface area contributed by atoms with E-state index >= 15 is 0 Å². The molecule has 0 spiro atoms. The highest BCUT2D eigenvalue weighted by Crippen LogP contribution is 2.39. The molecule has 2 amide bonds. The van der Waals surface area contributed by atoms with Crippen LogP contribution in [0.5, 0.6) is 0 Å². The molecule has 4 N–H and O–H groups in total. The third-order valence-electron chi connectivity index (χ3n) is 4.92. The van der Waals surface area contributed by atoms with Gasteiger partial charge in [-0.3, -0.25) is 20.0 Å². The van der Waals surface area contributed by atoms with Gasteiger partial charge in [0.2, 0.25) is 0 Å². The van der Waals surface area contributed by atoms with Crippen molar-refractivity contribution in [2.45, 2.75) is 44.2 Å². The van der Waals surface area contributed by atoms with Gasteiger partial charge >= 0.3 is 0 Å². The number of carbonyl (C=O) groups excluding carboxylic acids is 2. The number of hydrogen-bond donors (Lipinski definition) is 4. The van der Waals surface area contributed by atoms with Crippen LogP contribution in [-0.2, 0) is 4.79 Å². The first-order chi connectivity index (χ1) is 16.1. The summed E-state index contributed by atoms with van der Waals surface area (Å²) in [4.78, 5) is 47.9. The molecule has 2 aromatic heterocycles. The van der Waals surface area contributed by atoms with Crippen LogP contribution in [0, 0.1) is 5.41 Å². The van der Waals surface area contributed by atoms with Crippen molar-refractivity contribution in [1.82, 2.24) is 30.2 Å². The van der Waals surface area contributed by atoms with E-state index in [2.05, 4.69) is 35.6 Å². The fourth-order valence-corrected chi connectivity index (χ4v) is 3.26. The van der Waals surface area contributed by atoms with Crippen LogP contribution in [0.4, 0.5) is 11.5 Å². The highest BCUT2D eigenvalue weighted by molar-refractivity contribution is 6.42. The van der Waals surface area contributed by atoms with Crippen LogP contribution in [0.1, 0.15) is 48.8 Å². The summed E-state index contributed by atoms with van der Waals surface area (Å²) in [7, 11) is 2.96. The molecule has 180 valence electrons. The first-order valence-corrected chi connectivity index (χ1v) is 10.8. The predicted octanol–water partition coefficient (Wildman–Crippen LogP) is 0.936. The van der Waals surface area contributed by atoms with Gasteiger partial charge in [-0.2, -0.15) is 0 Å². The summed E-state index contributed by atoms with van der Waals surface area (Å²) in [6.45, 7) is 3.14. The summed E-state index contributed by atoms with van der Waals surface area (Å²) in [6, 6.07) is -1.10. The Morgan fingerprint density at radius 3 is 2.59 bits per heavy atom. The first-order valence-electron chi connectivity index (χ1n) is 10.8. The second-order valence-corrected chi connectivity index (χ2v) is 8.76. The minimum absolute atomic E-state index is 0.0142. The number of nitrogens with one attached hydrogen (secondary N) is 3. The Balaban J connectivity index is 1.84. The summed E-state index contributed by atoms with van der Waals surface area (Å²) in [5.74, 6) is -0.815. The summed E-state index contributed by atoms with van der Waals surface area (Å²) >= 11 is 0. The van der Waals surface area contributed by atoms with Gasteiger partial charge in [0.25, 0.3) is 11.8 Å². The number of hydrogen-bond acceptors (Lipinski definition) is 10. The highest BCUT2D eigenvalue weighted by atomic mass is 16.3. The molecule has 0 radical (unpaired) electrons. The molecule has 1 aliphatic carbocycles. The molecule has 1 unspecified atom stereocenters. The quantitative estimate of drug-likeness (QED) is 0.374. The minimum atomic E-state index is -1.14. The van der Waals surface area contributed by atoms with Gasteiger partial charge in [-0.15, -0.1) is 0 Å². The highest BCUT2D eigenvalue weighted by Gasteiger charge is 2.30. The van der Waals surface area contributed by atoms with E-state index < -0.39 is 29.2 Å². The van der Waals surface area contributed by atoms with Crippen molar-refractivity contribution < 1.29 is 14.7 Å². The largest absolute Gasteiger partial charge is 0.389 e. The van der Waals surface area contributed by atoms with Crippen molar-refractivity contribution >= 4 is 35.2 Å². The van der Waals surface area contributed by atoms with E-state index in [1.807, 2.05) is 0 Å². The van der Waals surface area contributed by atoms with E-state index in [9.17, 15) is 14.7 Å². The third-order valence-corrected chi connectivity index (χ3v) is 4.92. The maximum Gasteiger partial charge on any atom is 0.274 e. The van der Waals surface area contributed by atoms with E-state index in [4.69, 9.17) is 5.41 Å². The molecule has 1 fully saturated rings. The normalized spacial score (nSPS) is 14.5. The lowest BCUT2D eigenvalue weighted by molar-refractivity contribution is -0.125. The molecule has 0 aliphatic heterocycles. The zero-order valence-corrected chi connectivity index (χ0v) is 19.6. The van der Waals surface area contributed by atoms with Crippen LogP contribution in [-0.4, -0.2) is 86.0 Å². The fraction of sp³-hybridized carbons (Fsp3) is 0.455. The molecule has 3 rings (SSSR count). The fourth-order valence-electron chi connectivity index (χ4n) is 3.26. The molecular formula is C22H29N9O3. The van der Waals surface area contributed by atoms with Gasteiger partial charge in [-0.05, 0) is 26.7 Å². The molecule has 34 heavy (non-hydrogen) atoms. The maximum absolute atomic E-state index is 13.3. The number of anilines is 2. The van der Waals surface area contributed by atoms with E-state index in [0.29, 0.717) is 11.4 Å². The lowest BCUT2D eigenvalue weighted by Gasteiger charge is -2.27. The van der Waals surface area contributed by atoms with E-state index in [1.165, 1.54) is 43.9 Å². The lowest BCUT2D eigenvalue weighted by atomic mass is 10.1.